The third-order valence-corrected chi connectivity index (χ3v) is 5.95. The van der Waals surface area contributed by atoms with Gasteiger partial charge in [-0.2, -0.15) is 4.31 Å². The number of nitrogens with zero attached hydrogens (tertiary/aromatic N) is 1. The second-order valence-electron chi connectivity index (χ2n) is 5.57. The highest BCUT2D eigenvalue weighted by Crippen LogP contribution is 2.27. The van der Waals surface area contributed by atoms with Crippen molar-refractivity contribution in [2.75, 3.05) is 20.1 Å². The van der Waals surface area contributed by atoms with E-state index < -0.39 is 15.8 Å². The van der Waals surface area contributed by atoms with Gasteiger partial charge in [0.2, 0.25) is 10.0 Å². The number of benzene rings is 1. The van der Waals surface area contributed by atoms with Crippen LogP contribution in [-0.4, -0.2) is 32.9 Å². The average molecular weight is 314 g/mol. The van der Waals surface area contributed by atoms with E-state index in [1.807, 2.05) is 0 Å². The average Bonchev–Trinajstić information content (AvgIpc) is 2.47. The fourth-order valence-electron chi connectivity index (χ4n) is 2.79. The van der Waals surface area contributed by atoms with Crippen LogP contribution in [0.25, 0.3) is 0 Å². The Morgan fingerprint density at radius 3 is 2.81 bits per heavy atom. The van der Waals surface area contributed by atoms with Crippen molar-refractivity contribution in [3.8, 4) is 0 Å². The molecule has 4 nitrogen and oxygen atoms in total. The zero-order valence-electron chi connectivity index (χ0n) is 12.6. The van der Waals surface area contributed by atoms with Crippen molar-refractivity contribution in [3.05, 3.63) is 29.6 Å². The molecule has 0 aliphatic carbocycles. The van der Waals surface area contributed by atoms with Gasteiger partial charge in [-0.1, -0.05) is 19.4 Å². The molecule has 1 fully saturated rings. The van der Waals surface area contributed by atoms with E-state index >= 15 is 0 Å². The van der Waals surface area contributed by atoms with Crippen LogP contribution < -0.4 is 5.32 Å². The Morgan fingerprint density at radius 1 is 1.43 bits per heavy atom. The maximum atomic E-state index is 14.2. The van der Waals surface area contributed by atoms with Gasteiger partial charge in [-0.25, -0.2) is 12.8 Å². The highest BCUT2D eigenvalue weighted by Gasteiger charge is 2.31. The molecule has 2 rings (SSSR count). The summed E-state index contributed by atoms with van der Waals surface area (Å²) in [5.41, 5.74) is 0.735. The lowest BCUT2D eigenvalue weighted by molar-refractivity contribution is 0.261. The molecule has 0 aromatic heterocycles. The van der Waals surface area contributed by atoms with E-state index in [9.17, 15) is 12.8 Å². The number of hydrogen-bond acceptors (Lipinski definition) is 3. The largest absolute Gasteiger partial charge is 0.316 e. The number of rotatable bonds is 5. The Labute approximate surface area is 126 Å². The first-order chi connectivity index (χ1) is 9.98. The predicted molar refractivity (Wildman–Crippen MR) is 80.9 cm³/mol. The lowest BCUT2D eigenvalue weighted by atomic mass is 9.97. The molecule has 1 unspecified atom stereocenters. The number of piperidine rings is 1. The lowest BCUT2D eigenvalue weighted by Gasteiger charge is -2.31. The zero-order chi connectivity index (χ0) is 15.5. The van der Waals surface area contributed by atoms with E-state index in [0.717, 1.165) is 24.8 Å². The molecular formula is C15H23FN2O2S. The molecule has 0 radical (unpaired) electrons. The molecule has 1 N–H and O–H groups in total. The summed E-state index contributed by atoms with van der Waals surface area (Å²) in [6, 6.07) is 4.34. The Kier molecular flexibility index (Phi) is 5.35. The molecule has 0 amide bonds. The summed E-state index contributed by atoms with van der Waals surface area (Å²) >= 11 is 0. The van der Waals surface area contributed by atoms with Gasteiger partial charge >= 0.3 is 0 Å². The van der Waals surface area contributed by atoms with Crippen LogP contribution in [0.3, 0.4) is 0 Å². The van der Waals surface area contributed by atoms with Crippen LogP contribution in [0.5, 0.6) is 0 Å². The number of hydrogen-bond donors (Lipinski definition) is 1. The first-order valence-electron chi connectivity index (χ1n) is 7.42. The molecule has 1 heterocycles. The van der Waals surface area contributed by atoms with Crippen molar-refractivity contribution in [2.45, 2.75) is 37.6 Å². The maximum absolute atomic E-state index is 14.2. The molecule has 1 aromatic carbocycles. The molecule has 1 atom stereocenters. The van der Waals surface area contributed by atoms with Crippen LogP contribution in [-0.2, 0) is 16.6 Å². The minimum atomic E-state index is -3.73. The van der Waals surface area contributed by atoms with Gasteiger partial charge in [0.15, 0.2) is 0 Å². The molecule has 6 heteroatoms. The van der Waals surface area contributed by atoms with E-state index in [4.69, 9.17) is 0 Å². The van der Waals surface area contributed by atoms with E-state index in [1.165, 1.54) is 16.4 Å². The van der Waals surface area contributed by atoms with Crippen molar-refractivity contribution < 1.29 is 12.8 Å². The van der Waals surface area contributed by atoms with Crippen LogP contribution in [0.15, 0.2) is 23.1 Å². The highest BCUT2D eigenvalue weighted by molar-refractivity contribution is 7.89. The van der Waals surface area contributed by atoms with Gasteiger partial charge in [0.05, 0.1) is 0 Å². The Morgan fingerprint density at radius 2 is 2.19 bits per heavy atom. The first-order valence-corrected chi connectivity index (χ1v) is 8.86. The molecule has 0 bridgehead atoms. The fraction of sp³-hybridized carbons (Fsp3) is 0.600. The van der Waals surface area contributed by atoms with E-state index in [1.54, 1.807) is 13.1 Å². The van der Waals surface area contributed by atoms with Crippen LogP contribution in [0, 0.1) is 11.7 Å². The monoisotopic (exact) mass is 314 g/mol. The van der Waals surface area contributed by atoms with Gasteiger partial charge in [-0.05, 0) is 43.5 Å². The Bertz CT molecular complexity index is 589. The second kappa shape index (κ2) is 6.85. The van der Waals surface area contributed by atoms with Crippen molar-refractivity contribution >= 4 is 10.0 Å². The molecule has 1 aliphatic heterocycles. The number of nitrogens with one attached hydrogen (secondary N) is 1. The van der Waals surface area contributed by atoms with E-state index in [-0.39, 0.29) is 4.90 Å². The molecule has 0 spiro atoms. The summed E-state index contributed by atoms with van der Waals surface area (Å²) in [7, 11) is -1.96. The van der Waals surface area contributed by atoms with Crippen molar-refractivity contribution in [1.82, 2.24) is 9.62 Å². The molecule has 1 aliphatic rings. The normalized spacial score (nSPS) is 20.6. The Balaban J connectivity index is 2.26. The standard InChI is InChI=1S/C15H23FN2O2S/c1-3-12-5-4-8-18(11-12)21(19,20)15-7-6-13(10-17-2)9-14(15)16/h6-7,9,12,17H,3-5,8,10-11H2,1-2H3. The molecule has 0 saturated carbocycles. The third kappa shape index (κ3) is 3.62. The fourth-order valence-corrected chi connectivity index (χ4v) is 4.39. The van der Waals surface area contributed by atoms with Crippen LogP contribution >= 0.6 is 0 Å². The zero-order valence-corrected chi connectivity index (χ0v) is 13.4. The molecular weight excluding hydrogens is 291 g/mol. The molecule has 1 aromatic rings. The van der Waals surface area contributed by atoms with E-state index in [0.29, 0.717) is 25.6 Å². The lowest BCUT2D eigenvalue weighted by Crippen LogP contribution is -2.40. The highest BCUT2D eigenvalue weighted by atomic mass is 32.2. The number of halogens is 1. The van der Waals surface area contributed by atoms with Gasteiger partial charge in [-0.15, -0.1) is 0 Å². The second-order valence-corrected chi connectivity index (χ2v) is 7.48. The summed E-state index contributed by atoms with van der Waals surface area (Å²) in [5.74, 6) is -0.290. The van der Waals surface area contributed by atoms with Crippen molar-refractivity contribution in [1.29, 1.82) is 0 Å². The quantitative estimate of drug-likeness (QED) is 0.907. The maximum Gasteiger partial charge on any atom is 0.245 e. The molecule has 1 saturated heterocycles. The van der Waals surface area contributed by atoms with Crippen molar-refractivity contribution in [3.63, 3.8) is 0 Å². The van der Waals surface area contributed by atoms with Gasteiger partial charge < -0.3 is 5.32 Å². The van der Waals surface area contributed by atoms with Gasteiger partial charge in [-0.3, -0.25) is 0 Å². The topological polar surface area (TPSA) is 49.4 Å². The van der Waals surface area contributed by atoms with Crippen molar-refractivity contribution in [2.24, 2.45) is 5.92 Å². The van der Waals surface area contributed by atoms with Gasteiger partial charge in [0, 0.05) is 19.6 Å². The SMILES string of the molecule is CCC1CCCN(S(=O)(=O)c2ccc(CNC)cc2F)C1. The summed E-state index contributed by atoms with van der Waals surface area (Å²) < 4.78 is 40.8. The van der Waals surface area contributed by atoms with E-state index in [2.05, 4.69) is 12.2 Å². The van der Waals surface area contributed by atoms with Gasteiger partial charge in [0.1, 0.15) is 10.7 Å². The van der Waals surface area contributed by atoms with Gasteiger partial charge in [0.25, 0.3) is 0 Å². The summed E-state index contributed by atoms with van der Waals surface area (Å²) in [5, 5.41) is 2.92. The number of sulfonamides is 1. The van der Waals surface area contributed by atoms with Crippen LogP contribution in [0.2, 0.25) is 0 Å². The predicted octanol–water partition coefficient (Wildman–Crippen LogP) is 2.36. The Hall–Kier alpha value is -0.980. The summed E-state index contributed by atoms with van der Waals surface area (Å²) in [6.07, 6.45) is 2.85. The van der Waals surface area contributed by atoms with Crippen LogP contribution in [0.1, 0.15) is 31.7 Å². The minimum absolute atomic E-state index is 0.209. The molecule has 21 heavy (non-hydrogen) atoms. The smallest absolute Gasteiger partial charge is 0.245 e. The summed E-state index contributed by atoms with van der Waals surface area (Å²) in [4.78, 5) is -0.209. The first kappa shape index (κ1) is 16.4. The summed E-state index contributed by atoms with van der Waals surface area (Å²) in [6.45, 7) is 3.56. The third-order valence-electron chi connectivity index (χ3n) is 4.05. The molecule has 118 valence electrons. The van der Waals surface area contributed by atoms with Crippen LogP contribution in [0.4, 0.5) is 4.39 Å². The minimum Gasteiger partial charge on any atom is -0.316 e.